The van der Waals surface area contributed by atoms with Gasteiger partial charge in [0.2, 0.25) is 5.91 Å². The molecule has 25 heavy (non-hydrogen) atoms. The van der Waals surface area contributed by atoms with Crippen LogP contribution in [0.2, 0.25) is 0 Å². The third kappa shape index (κ3) is 4.12. The highest BCUT2D eigenvalue weighted by Crippen LogP contribution is 2.35. The van der Waals surface area contributed by atoms with Crippen molar-refractivity contribution in [2.45, 2.75) is 44.2 Å². The lowest BCUT2D eigenvalue weighted by Crippen LogP contribution is -2.51. The van der Waals surface area contributed by atoms with Gasteiger partial charge in [0.1, 0.15) is 5.82 Å². The Hall–Kier alpha value is -1.66. The summed E-state index contributed by atoms with van der Waals surface area (Å²) in [7, 11) is 4.01. The van der Waals surface area contributed by atoms with E-state index < -0.39 is 5.60 Å². The van der Waals surface area contributed by atoms with E-state index >= 15 is 0 Å². The van der Waals surface area contributed by atoms with Gasteiger partial charge in [0, 0.05) is 52.9 Å². The summed E-state index contributed by atoms with van der Waals surface area (Å²) in [5.74, 6) is 1.08. The number of amides is 1. The molecule has 2 fully saturated rings. The van der Waals surface area contributed by atoms with Crippen LogP contribution in [-0.4, -0.2) is 71.7 Å². The van der Waals surface area contributed by atoms with Gasteiger partial charge in [-0.05, 0) is 49.9 Å². The predicted molar refractivity (Wildman–Crippen MR) is 98.5 cm³/mol. The molecule has 6 nitrogen and oxygen atoms in total. The molecule has 1 N–H and O–H groups in total. The van der Waals surface area contributed by atoms with Crippen LogP contribution in [0, 0.1) is 0 Å². The summed E-state index contributed by atoms with van der Waals surface area (Å²) in [4.78, 5) is 22.2. The van der Waals surface area contributed by atoms with Gasteiger partial charge in [-0.2, -0.15) is 0 Å². The van der Waals surface area contributed by atoms with Gasteiger partial charge in [0.25, 0.3) is 0 Å². The minimum absolute atomic E-state index is 0.106. The maximum atomic E-state index is 11.5. The minimum atomic E-state index is -0.689. The summed E-state index contributed by atoms with van der Waals surface area (Å²) in [5.41, 5.74) is 0.590. The maximum absolute atomic E-state index is 11.5. The van der Waals surface area contributed by atoms with Gasteiger partial charge in [-0.1, -0.05) is 0 Å². The number of β-amino-alcohol motifs (C(OH)–C–C–N with tert-alkyl or cyclic N) is 1. The highest BCUT2D eigenvalue weighted by atomic mass is 16.3. The number of aliphatic hydroxyl groups is 1. The molecule has 138 valence electrons. The number of pyridine rings is 1. The molecule has 2 saturated heterocycles. The summed E-state index contributed by atoms with van der Waals surface area (Å²) in [6.45, 7) is 4.62. The van der Waals surface area contributed by atoms with E-state index in [1.807, 2.05) is 30.1 Å². The zero-order valence-corrected chi connectivity index (χ0v) is 15.6. The van der Waals surface area contributed by atoms with Crippen LogP contribution in [0.15, 0.2) is 18.3 Å². The number of anilines is 1. The number of likely N-dealkylation sites (tertiary alicyclic amines) is 2. The number of piperidine rings is 1. The number of carbonyl (C=O) groups excluding carboxylic acids is 1. The van der Waals surface area contributed by atoms with E-state index in [1.54, 1.807) is 6.92 Å². The molecule has 3 rings (SSSR count). The van der Waals surface area contributed by atoms with Crippen molar-refractivity contribution in [3.05, 3.63) is 23.9 Å². The van der Waals surface area contributed by atoms with Gasteiger partial charge < -0.3 is 14.9 Å². The van der Waals surface area contributed by atoms with E-state index in [0.29, 0.717) is 38.5 Å². The van der Waals surface area contributed by atoms with E-state index in [9.17, 15) is 9.90 Å². The van der Waals surface area contributed by atoms with Crippen molar-refractivity contribution in [2.24, 2.45) is 0 Å². The molecule has 2 aliphatic rings. The Balaban J connectivity index is 1.68. The first-order chi connectivity index (χ1) is 11.9. The van der Waals surface area contributed by atoms with Gasteiger partial charge >= 0.3 is 0 Å². The number of hydrogen-bond acceptors (Lipinski definition) is 5. The van der Waals surface area contributed by atoms with Crippen molar-refractivity contribution in [3.63, 3.8) is 0 Å². The molecular weight excluding hydrogens is 316 g/mol. The molecular formula is C19H30N4O2. The maximum Gasteiger partial charge on any atom is 0.219 e. The highest BCUT2D eigenvalue weighted by molar-refractivity contribution is 5.73. The van der Waals surface area contributed by atoms with Gasteiger partial charge in [-0.25, -0.2) is 4.98 Å². The van der Waals surface area contributed by atoms with Crippen molar-refractivity contribution < 1.29 is 9.90 Å². The van der Waals surface area contributed by atoms with Crippen molar-refractivity contribution in [1.82, 2.24) is 14.8 Å². The first kappa shape index (κ1) is 18.1. The van der Waals surface area contributed by atoms with E-state index in [-0.39, 0.29) is 5.91 Å². The topological polar surface area (TPSA) is 59.9 Å². The van der Waals surface area contributed by atoms with Crippen molar-refractivity contribution >= 4 is 11.7 Å². The number of carbonyl (C=O) groups is 1. The van der Waals surface area contributed by atoms with Gasteiger partial charge in [0.05, 0.1) is 5.60 Å². The molecule has 0 radical (unpaired) electrons. The van der Waals surface area contributed by atoms with E-state index in [4.69, 9.17) is 0 Å². The molecule has 0 spiro atoms. The summed E-state index contributed by atoms with van der Waals surface area (Å²) in [6, 6.07) is 4.60. The molecule has 0 unspecified atom stereocenters. The Morgan fingerprint density at radius 1 is 1.36 bits per heavy atom. The average molecular weight is 346 g/mol. The third-order valence-corrected chi connectivity index (χ3v) is 5.61. The molecule has 3 heterocycles. The number of hydrogen-bond donors (Lipinski definition) is 1. The second kappa shape index (κ2) is 7.30. The van der Waals surface area contributed by atoms with Crippen molar-refractivity contribution in [2.75, 3.05) is 45.2 Å². The van der Waals surface area contributed by atoms with Crippen molar-refractivity contribution in [1.29, 1.82) is 0 Å². The molecule has 1 aromatic heterocycles. The van der Waals surface area contributed by atoms with Gasteiger partial charge in [-0.3, -0.25) is 9.69 Å². The average Bonchev–Trinajstić information content (AvgIpc) is 3.02. The predicted octanol–water partition coefficient (Wildman–Crippen LogP) is 1.66. The standard InChI is InChI=1S/C19H30N4O2/c1-15(24)22-11-7-19(25,8-12-22)14-23-10-4-5-17(23)16-6-9-20-18(13-16)21(2)3/h6,9,13,17,25H,4-5,7-8,10-12,14H2,1-3H3/t17-/m0/s1. The zero-order chi connectivity index (χ0) is 18.0. The Morgan fingerprint density at radius 2 is 2.08 bits per heavy atom. The Labute approximate surface area is 150 Å². The summed E-state index contributed by atoms with van der Waals surface area (Å²) < 4.78 is 0. The second-order valence-electron chi connectivity index (χ2n) is 7.70. The van der Waals surface area contributed by atoms with E-state index in [2.05, 4.69) is 22.0 Å². The second-order valence-corrected chi connectivity index (χ2v) is 7.70. The Bertz CT molecular complexity index is 611. The fourth-order valence-electron chi connectivity index (χ4n) is 4.05. The van der Waals surface area contributed by atoms with Crippen LogP contribution in [-0.2, 0) is 4.79 Å². The summed E-state index contributed by atoms with van der Waals surface area (Å²) >= 11 is 0. The number of rotatable bonds is 4. The molecule has 0 bridgehead atoms. The normalized spacial score (nSPS) is 23.7. The van der Waals surface area contributed by atoms with E-state index in [0.717, 1.165) is 25.2 Å². The van der Waals surface area contributed by atoms with E-state index in [1.165, 1.54) is 5.56 Å². The van der Waals surface area contributed by atoms with Crippen molar-refractivity contribution in [3.8, 4) is 0 Å². The molecule has 2 aliphatic heterocycles. The molecule has 0 saturated carbocycles. The third-order valence-electron chi connectivity index (χ3n) is 5.61. The Morgan fingerprint density at radius 3 is 2.72 bits per heavy atom. The molecule has 1 aromatic rings. The summed E-state index contributed by atoms with van der Waals surface area (Å²) in [5, 5.41) is 11.0. The van der Waals surface area contributed by atoms with Crippen LogP contribution < -0.4 is 4.90 Å². The van der Waals surface area contributed by atoms with Crippen LogP contribution in [0.1, 0.15) is 44.2 Å². The molecule has 1 amide bonds. The molecule has 0 aliphatic carbocycles. The quantitative estimate of drug-likeness (QED) is 0.898. The molecule has 6 heteroatoms. The van der Waals surface area contributed by atoms with Crippen LogP contribution in [0.25, 0.3) is 0 Å². The number of aromatic nitrogens is 1. The van der Waals surface area contributed by atoms with Gasteiger partial charge in [0.15, 0.2) is 0 Å². The van der Waals surface area contributed by atoms with Gasteiger partial charge in [-0.15, -0.1) is 0 Å². The van der Waals surface area contributed by atoms with Crippen LogP contribution >= 0.6 is 0 Å². The lowest BCUT2D eigenvalue weighted by molar-refractivity contribution is -0.133. The fraction of sp³-hybridized carbons (Fsp3) is 0.684. The Kier molecular flexibility index (Phi) is 5.29. The first-order valence-corrected chi connectivity index (χ1v) is 9.23. The first-order valence-electron chi connectivity index (χ1n) is 9.23. The smallest absolute Gasteiger partial charge is 0.219 e. The lowest BCUT2D eigenvalue weighted by Gasteiger charge is -2.41. The fourth-order valence-corrected chi connectivity index (χ4v) is 4.05. The van der Waals surface area contributed by atoms with Crippen LogP contribution in [0.4, 0.5) is 5.82 Å². The minimum Gasteiger partial charge on any atom is -0.388 e. The molecule has 1 atom stereocenters. The summed E-state index contributed by atoms with van der Waals surface area (Å²) in [6.07, 6.45) is 5.47. The van der Waals surface area contributed by atoms with Crippen LogP contribution in [0.3, 0.4) is 0 Å². The number of nitrogens with zero attached hydrogens (tertiary/aromatic N) is 4. The van der Waals surface area contributed by atoms with Crippen LogP contribution in [0.5, 0.6) is 0 Å². The SMILES string of the molecule is CC(=O)N1CCC(O)(CN2CCC[C@H]2c2ccnc(N(C)C)c2)CC1. The zero-order valence-electron chi connectivity index (χ0n) is 15.6. The highest BCUT2D eigenvalue weighted by Gasteiger charge is 2.38. The monoisotopic (exact) mass is 346 g/mol. The molecule has 0 aromatic carbocycles. The lowest BCUT2D eigenvalue weighted by atomic mass is 9.90. The largest absolute Gasteiger partial charge is 0.388 e.